The molecule has 0 amide bonds. The summed E-state index contributed by atoms with van der Waals surface area (Å²) in [6.07, 6.45) is 5.83. The minimum absolute atomic E-state index is 0.962. The third-order valence-electron chi connectivity index (χ3n) is 5.10. The molecule has 0 fully saturated rings. The Morgan fingerprint density at radius 1 is 0.929 bits per heavy atom. The van der Waals surface area contributed by atoms with Gasteiger partial charge in [0.15, 0.2) is 0 Å². The maximum atomic E-state index is 4.49. The summed E-state index contributed by atoms with van der Waals surface area (Å²) in [6.45, 7) is 14.6. The first-order chi connectivity index (χ1) is 13.6. The zero-order valence-electron chi connectivity index (χ0n) is 16.2. The average molecular weight is 361 g/mol. The van der Waals surface area contributed by atoms with Crippen molar-refractivity contribution in [1.82, 2.24) is 4.57 Å². The molecule has 0 saturated heterocycles. The standard InChI is InChI=1S/C27H23N/c1-5-6-15-23(19(2)3)26-20(4)28(22-13-8-7-9-14-22)25-18-17-21-12-10-11-16-24(21)27(25)26/h5-18H,1-2,4H2,3H3/b15-6-,26-23+. The number of rotatable bonds is 4. The molecule has 0 radical (unpaired) electrons. The van der Waals surface area contributed by atoms with E-state index in [1.165, 1.54) is 16.2 Å². The highest BCUT2D eigenvalue weighted by Crippen LogP contribution is 2.25. The van der Waals surface area contributed by atoms with Gasteiger partial charge in [-0.1, -0.05) is 92.1 Å². The van der Waals surface area contributed by atoms with Gasteiger partial charge >= 0.3 is 0 Å². The monoisotopic (exact) mass is 361 g/mol. The van der Waals surface area contributed by atoms with Crippen molar-refractivity contribution in [3.8, 4) is 5.69 Å². The number of para-hydroxylation sites is 1. The number of hydrogen-bond acceptors (Lipinski definition) is 0. The largest absolute Gasteiger partial charge is 0.310 e. The van der Waals surface area contributed by atoms with E-state index in [4.69, 9.17) is 0 Å². The quantitative estimate of drug-likeness (QED) is 0.413. The highest BCUT2D eigenvalue weighted by molar-refractivity contribution is 6.08. The second kappa shape index (κ2) is 7.21. The molecule has 28 heavy (non-hydrogen) atoms. The topological polar surface area (TPSA) is 4.93 Å². The van der Waals surface area contributed by atoms with Crippen molar-refractivity contribution in [2.75, 3.05) is 0 Å². The van der Waals surface area contributed by atoms with Gasteiger partial charge in [-0.05, 0) is 41.5 Å². The molecular formula is C27H23N. The van der Waals surface area contributed by atoms with E-state index >= 15 is 0 Å². The van der Waals surface area contributed by atoms with Crippen LogP contribution in [0.15, 0.2) is 104 Å². The molecule has 0 aliphatic rings. The van der Waals surface area contributed by atoms with E-state index in [1.807, 2.05) is 19.1 Å². The molecule has 3 aromatic carbocycles. The molecule has 1 heterocycles. The minimum atomic E-state index is 0.962. The highest BCUT2D eigenvalue weighted by Gasteiger charge is 2.13. The van der Waals surface area contributed by atoms with Gasteiger partial charge < -0.3 is 4.57 Å². The van der Waals surface area contributed by atoms with Crippen molar-refractivity contribution in [3.63, 3.8) is 0 Å². The van der Waals surface area contributed by atoms with Crippen LogP contribution in [0.25, 0.3) is 39.5 Å². The van der Waals surface area contributed by atoms with Crippen LogP contribution in [0.1, 0.15) is 6.92 Å². The Morgan fingerprint density at radius 3 is 2.36 bits per heavy atom. The maximum absolute atomic E-state index is 4.49. The van der Waals surface area contributed by atoms with Crippen molar-refractivity contribution >= 4 is 33.8 Å². The van der Waals surface area contributed by atoms with Crippen molar-refractivity contribution in [1.29, 1.82) is 0 Å². The van der Waals surface area contributed by atoms with E-state index in [-0.39, 0.29) is 0 Å². The van der Waals surface area contributed by atoms with Crippen LogP contribution in [0.4, 0.5) is 0 Å². The Bertz CT molecular complexity index is 1350. The van der Waals surface area contributed by atoms with Gasteiger partial charge in [0.1, 0.15) is 0 Å². The lowest BCUT2D eigenvalue weighted by Crippen LogP contribution is -2.28. The molecule has 0 spiro atoms. The zero-order chi connectivity index (χ0) is 19.7. The van der Waals surface area contributed by atoms with E-state index in [0.29, 0.717) is 0 Å². The summed E-state index contributed by atoms with van der Waals surface area (Å²) in [4.78, 5) is 0. The van der Waals surface area contributed by atoms with Crippen molar-refractivity contribution in [2.45, 2.75) is 6.92 Å². The Kier molecular flexibility index (Phi) is 4.58. The molecule has 0 aliphatic carbocycles. The normalized spacial score (nSPS) is 12.6. The summed E-state index contributed by atoms with van der Waals surface area (Å²) in [5.74, 6) is 0. The molecule has 1 aromatic heterocycles. The predicted octanol–water partition coefficient (Wildman–Crippen LogP) is 5.66. The van der Waals surface area contributed by atoms with Crippen molar-refractivity contribution in [3.05, 3.63) is 114 Å². The lowest BCUT2D eigenvalue weighted by Gasteiger charge is -2.06. The number of nitrogens with zero attached hydrogens (tertiary/aromatic N) is 1. The summed E-state index contributed by atoms with van der Waals surface area (Å²) >= 11 is 0. The molecule has 0 bridgehead atoms. The van der Waals surface area contributed by atoms with Crippen LogP contribution in [-0.2, 0) is 0 Å². The van der Waals surface area contributed by atoms with Crippen LogP contribution in [-0.4, -0.2) is 4.57 Å². The van der Waals surface area contributed by atoms with E-state index in [1.54, 1.807) is 6.08 Å². The average Bonchev–Trinajstić information content (AvgIpc) is 3.01. The predicted molar refractivity (Wildman–Crippen MR) is 123 cm³/mol. The first kappa shape index (κ1) is 17.8. The SMILES string of the molecule is C=C/C=C\C(C(=C)C)=c1\c(=C)n(-c2ccccc2)c2ccc3ccccc3c12. The van der Waals surface area contributed by atoms with Gasteiger partial charge in [-0.25, -0.2) is 0 Å². The van der Waals surface area contributed by atoms with Gasteiger partial charge in [0, 0.05) is 21.6 Å². The van der Waals surface area contributed by atoms with Crippen LogP contribution in [0.2, 0.25) is 0 Å². The Morgan fingerprint density at radius 2 is 1.64 bits per heavy atom. The Hall–Kier alpha value is -3.58. The lowest BCUT2D eigenvalue weighted by atomic mass is 10.0. The zero-order valence-corrected chi connectivity index (χ0v) is 16.2. The van der Waals surface area contributed by atoms with Gasteiger partial charge in [-0.2, -0.15) is 0 Å². The first-order valence-corrected chi connectivity index (χ1v) is 9.39. The molecule has 1 heteroatoms. The highest BCUT2D eigenvalue weighted by atomic mass is 15.0. The maximum Gasteiger partial charge on any atom is 0.0547 e. The number of allylic oxidation sites excluding steroid dienone is 4. The van der Waals surface area contributed by atoms with Crippen LogP contribution < -0.4 is 10.6 Å². The molecule has 4 rings (SSSR count). The summed E-state index contributed by atoms with van der Waals surface area (Å²) in [5, 5.41) is 5.74. The number of aromatic nitrogens is 1. The van der Waals surface area contributed by atoms with Gasteiger partial charge in [0.2, 0.25) is 0 Å². The molecular weight excluding hydrogens is 338 g/mol. The minimum Gasteiger partial charge on any atom is -0.310 e. The fraction of sp³-hybridized carbons (Fsp3) is 0.0370. The van der Waals surface area contributed by atoms with E-state index in [2.05, 4.69) is 91.0 Å². The van der Waals surface area contributed by atoms with Crippen LogP contribution in [0, 0.1) is 0 Å². The summed E-state index contributed by atoms with van der Waals surface area (Å²) in [7, 11) is 0. The molecule has 0 unspecified atom stereocenters. The first-order valence-electron chi connectivity index (χ1n) is 9.39. The summed E-state index contributed by atoms with van der Waals surface area (Å²) in [5.41, 5.74) is 4.34. The van der Waals surface area contributed by atoms with Crippen LogP contribution in [0.5, 0.6) is 0 Å². The fourth-order valence-electron chi connectivity index (χ4n) is 3.88. The number of hydrogen-bond donors (Lipinski definition) is 0. The molecule has 4 aromatic rings. The number of fused-ring (bicyclic) bond motifs is 3. The second-order valence-electron chi connectivity index (χ2n) is 6.96. The Balaban J connectivity index is 2.34. The van der Waals surface area contributed by atoms with Crippen molar-refractivity contribution in [2.24, 2.45) is 0 Å². The summed E-state index contributed by atoms with van der Waals surface area (Å²) < 4.78 is 2.24. The molecule has 0 N–H and O–H groups in total. The molecule has 0 atom stereocenters. The molecule has 1 nitrogen and oxygen atoms in total. The number of benzene rings is 3. The molecule has 0 aliphatic heterocycles. The van der Waals surface area contributed by atoms with Crippen LogP contribution in [0.3, 0.4) is 0 Å². The van der Waals surface area contributed by atoms with Gasteiger partial charge in [-0.15, -0.1) is 0 Å². The lowest BCUT2D eigenvalue weighted by molar-refractivity contribution is 1.07. The van der Waals surface area contributed by atoms with E-state index < -0.39 is 0 Å². The molecule has 136 valence electrons. The van der Waals surface area contributed by atoms with Gasteiger partial charge in [-0.3, -0.25) is 0 Å². The fourth-order valence-corrected chi connectivity index (χ4v) is 3.88. The van der Waals surface area contributed by atoms with E-state index in [0.717, 1.165) is 32.9 Å². The Labute approximate surface area is 165 Å². The third kappa shape index (κ3) is 2.82. The summed E-state index contributed by atoms with van der Waals surface area (Å²) in [6, 6.07) is 23.3. The van der Waals surface area contributed by atoms with E-state index in [9.17, 15) is 0 Å². The third-order valence-corrected chi connectivity index (χ3v) is 5.10. The van der Waals surface area contributed by atoms with Gasteiger partial charge in [0.05, 0.1) is 5.52 Å². The molecule has 0 saturated carbocycles. The van der Waals surface area contributed by atoms with Crippen molar-refractivity contribution < 1.29 is 0 Å². The second-order valence-corrected chi connectivity index (χ2v) is 6.96. The van der Waals surface area contributed by atoms with Crippen LogP contribution >= 0.6 is 0 Å². The van der Waals surface area contributed by atoms with Gasteiger partial charge in [0.25, 0.3) is 0 Å². The smallest absolute Gasteiger partial charge is 0.0547 e.